The molecule has 0 aliphatic carbocycles. The van der Waals surface area contributed by atoms with Gasteiger partial charge in [0.1, 0.15) is 0 Å². The molecule has 0 bridgehead atoms. The van der Waals surface area contributed by atoms with E-state index >= 15 is 0 Å². The molecule has 0 atom stereocenters. The summed E-state index contributed by atoms with van der Waals surface area (Å²) in [5.74, 6) is 0. The van der Waals surface area contributed by atoms with Crippen molar-refractivity contribution < 1.29 is 17.3 Å². The Balaban J connectivity index is 0.00000240. The molecule has 6 heteroatoms. The van der Waals surface area contributed by atoms with Crippen LogP contribution in [-0.2, 0) is 13.0 Å². The first-order chi connectivity index (χ1) is 13.7. The smallest absolute Gasteiger partial charge is 0.274 e. The zero-order chi connectivity index (χ0) is 19.3. The van der Waals surface area contributed by atoms with Crippen molar-refractivity contribution in [3.63, 3.8) is 0 Å². The molecule has 0 spiro atoms. The molecule has 4 nitrogen and oxygen atoms in total. The number of aromatic nitrogens is 2. The molecule has 1 aliphatic rings. The van der Waals surface area contributed by atoms with Crippen molar-refractivity contribution >= 4 is 22.4 Å². The molecule has 0 amide bonds. The van der Waals surface area contributed by atoms with Gasteiger partial charge in [-0.15, -0.1) is 0 Å². The lowest BCUT2D eigenvalue weighted by Crippen LogP contribution is -3.12. The van der Waals surface area contributed by atoms with Gasteiger partial charge in [-0.05, 0) is 43.0 Å². The van der Waals surface area contributed by atoms with Crippen molar-refractivity contribution in [2.75, 3.05) is 19.6 Å². The number of rotatable bonds is 6. The fourth-order valence-corrected chi connectivity index (χ4v) is 4.29. The number of nitrogens with one attached hydrogen (secondary N) is 1. The molecule has 0 unspecified atom stereocenters. The lowest BCUT2D eigenvalue weighted by molar-refractivity contribution is -0.905. The maximum absolute atomic E-state index is 12.9. The number of piperidine rings is 1. The van der Waals surface area contributed by atoms with Crippen LogP contribution < -0.4 is 22.9 Å². The van der Waals surface area contributed by atoms with E-state index in [-0.39, 0.29) is 18.0 Å². The highest BCUT2D eigenvalue weighted by molar-refractivity contribution is 6.30. The maximum Gasteiger partial charge on any atom is 0.274 e. The second kappa shape index (κ2) is 10.2. The number of aryl methyl sites for hydroxylation is 1. The van der Waals surface area contributed by atoms with Gasteiger partial charge in [0.15, 0.2) is 0 Å². The van der Waals surface area contributed by atoms with Crippen LogP contribution in [0.5, 0.6) is 0 Å². The number of hydrogen-bond acceptors (Lipinski definition) is 2. The number of halogens is 2. The molecular formula is C23H27Cl2N3O. The number of quaternary nitrogens is 1. The lowest BCUT2D eigenvalue weighted by Gasteiger charge is -2.23. The monoisotopic (exact) mass is 431 g/mol. The fraction of sp³-hybridized carbons (Fsp3) is 0.391. The van der Waals surface area contributed by atoms with E-state index in [0.29, 0.717) is 13.0 Å². The molecule has 1 saturated heterocycles. The first-order valence-corrected chi connectivity index (χ1v) is 10.7. The molecular weight excluding hydrogens is 405 g/mol. The average molecular weight is 432 g/mol. The Morgan fingerprint density at radius 1 is 0.966 bits per heavy atom. The molecule has 4 rings (SSSR count). The van der Waals surface area contributed by atoms with E-state index in [9.17, 15) is 4.79 Å². The van der Waals surface area contributed by atoms with E-state index < -0.39 is 0 Å². The number of likely N-dealkylation sites (tertiary alicyclic amines) is 1. The van der Waals surface area contributed by atoms with Crippen LogP contribution in [0.4, 0.5) is 0 Å². The van der Waals surface area contributed by atoms with Crippen LogP contribution in [0.3, 0.4) is 0 Å². The van der Waals surface area contributed by atoms with Crippen molar-refractivity contribution in [1.29, 1.82) is 0 Å². The Hall–Kier alpha value is -1.88. The molecule has 1 N–H and O–H groups in total. The van der Waals surface area contributed by atoms with Crippen molar-refractivity contribution in [1.82, 2.24) is 9.78 Å². The van der Waals surface area contributed by atoms with Crippen molar-refractivity contribution in [3.8, 4) is 0 Å². The molecule has 2 aromatic carbocycles. The molecule has 1 aliphatic heterocycles. The van der Waals surface area contributed by atoms with Crippen molar-refractivity contribution in [2.24, 2.45) is 0 Å². The van der Waals surface area contributed by atoms with Crippen LogP contribution in [0, 0.1) is 0 Å². The highest BCUT2D eigenvalue weighted by Crippen LogP contribution is 2.18. The van der Waals surface area contributed by atoms with Gasteiger partial charge in [-0.25, -0.2) is 4.68 Å². The molecule has 1 aromatic heterocycles. The van der Waals surface area contributed by atoms with Gasteiger partial charge in [-0.3, -0.25) is 4.79 Å². The third-order valence-corrected chi connectivity index (χ3v) is 5.94. The largest absolute Gasteiger partial charge is 1.00 e. The predicted molar refractivity (Wildman–Crippen MR) is 114 cm³/mol. The van der Waals surface area contributed by atoms with E-state index in [1.54, 1.807) is 9.58 Å². The minimum atomic E-state index is 0. The van der Waals surface area contributed by atoms with E-state index in [4.69, 9.17) is 16.7 Å². The molecule has 0 radical (unpaired) electrons. The summed E-state index contributed by atoms with van der Waals surface area (Å²) >= 11 is 6.01. The van der Waals surface area contributed by atoms with Crippen LogP contribution in [-0.4, -0.2) is 29.4 Å². The van der Waals surface area contributed by atoms with Gasteiger partial charge in [-0.2, -0.15) is 5.10 Å². The fourth-order valence-electron chi connectivity index (χ4n) is 4.16. The van der Waals surface area contributed by atoms with Crippen LogP contribution in [0.15, 0.2) is 53.3 Å². The number of benzene rings is 2. The van der Waals surface area contributed by atoms with Crippen LogP contribution in [0.2, 0.25) is 5.02 Å². The Morgan fingerprint density at radius 3 is 2.38 bits per heavy atom. The summed E-state index contributed by atoms with van der Waals surface area (Å²) < 4.78 is 1.68. The SMILES string of the molecule is O=c1c2ccccc2c(Cc2ccc(Cl)cc2)nn1CCC[NH+]1CCCCC1.[Cl-]. The predicted octanol–water partition coefficient (Wildman–Crippen LogP) is 0.104. The van der Waals surface area contributed by atoms with Gasteiger partial charge >= 0.3 is 0 Å². The third kappa shape index (κ3) is 5.39. The van der Waals surface area contributed by atoms with Gasteiger partial charge in [0.25, 0.3) is 5.56 Å². The first kappa shape index (κ1) is 21.8. The summed E-state index contributed by atoms with van der Waals surface area (Å²) in [5, 5.41) is 7.19. The first-order valence-electron chi connectivity index (χ1n) is 10.3. The van der Waals surface area contributed by atoms with Gasteiger partial charge in [0, 0.05) is 23.3 Å². The Bertz CT molecular complexity index is 995. The molecule has 29 heavy (non-hydrogen) atoms. The van der Waals surface area contributed by atoms with Gasteiger partial charge in [0.2, 0.25) is 0 Å². The van der Waals surface area contributed by atoms with Gasteiger partial charge < -0.3 is 17.3 Å². The molecule has 0 saturated carbocycles. The highest BCUT2D eigenvalue weighted by atomic mass is 35.5. The molecule has 3 aromatic rings. The van der Waals surface area contributed by atoms with E-state index in [1.165, 1.54) is 32.4 Å². The highest BCUT2D eigenvalue weighted by Gasteiger charge is 2.14. The maximum atomic E-state index is 12.9. The summed E-state index contributed by atoms with van der Waals surface area (Å²) in [6.07, 6.45) is 5.70. The molecule has 2 heterocycles. The number of fused-ring (bicyclic) bond motifs is 1. The number of nitrogens with zero attached hydrogens (tertiary/aromatic N) is 2. The van der Waals surface area contributed by atoms with Gasteiger partial charge in [-0.1, -0.05) is 41.9 Å². The summed E-state index contributed by atoms with van der Waals surface area (Å²) in [5.41, 5.74) is 2.11. The quantitative estimate of drug-likeness (QED) is 0.601. The Labute approximate surface area is 182 Å². The van der Waals surface area contributed by atoms with Crippen molar-refractivity contribution in [2.45, 2.75) is 38.6 Å². The third-order valence-electron chi connectivity index (χ3n) is 5.69. The Morgan fingerprint density at radius 2 is 1.66 bits per heavy atom. The Kier molecular flexibility index (Phi) is 7.70. The lowest BCUT2D eigenvalue weighted by atomic mass is 10.0. The van der Waals surface area contributed by atoms with Crippen LogP contribution in [0.25, 0.3) is 10.8 Å². The van der Waals surface area contributed by atoms with Crippen LogP contribution >= 0.6 is 11.6 Å². The second-order valence-corrected chi connectivity index (χ2v) is 8.17. The van der Waals surface area contributed by atoms with E-state index in [2.05, 4.69) is 0 Å². The van der Waals surface area contributed by atoms with Gasteiger partial charge in [0.05, 0.1) is 37.3 Å². The summed E-state index contributed by atoms with van der Waals surface area (Å²) in [6.45, 7) is 4.33. The van der Waals surface area contributed by atoms with E-state index in [1.807, 2.05) is 48.5 Å². The zero-order valence-corrected chi connectivity index (χ0v) is 18.1. The topological polar surface area (TPSA) is 39.3 Å². The molecule has 154 valence electrons. The minimum absolute atomic E-state index is 0. The second-order valence-electron chi connectivity index (χ2n) is 7.74. The minimum Gasteiger partial charge on any atom is -1.00 e. The summed E-state index contributed by atoms with van der Waals surface area (Å²) in [7, 11) is 0. The zero-order valence-electron chi connectivity index (χ0n) is 16.5. The van der Waals surface area contributed by atoms with Crippen molar-refractivity contribution in [3.05, 3.63) is 75.2 Å². The average Bonchev–Trinajstić information content (AvgIpc) is 2.73. The van der Waals surface area contributed by atoms with Crippen LogP contribution in [0.1, 0.15) is 36.9 Å². The normalized spacial score (nSPS) is 14.7. The number of hydrogen-bond donors (Lipinski definition) is 1. The van der Waals surface area contributed by atoms with E-state index in [0.717, 1.165) is 40.0 Å². The molecule has 1 fully saturated rings. The standard InChI is InChI=1S/C23H26ClN3O.ClH/c24-19-11-9-18(10-12-19)17-22-20-7-2-3-8-21(20)23(28)27(25-22)16-6-15-26-13-4-1-5-14-26;/h2-3,7-12H,1,4-6,13-17H2;1H. The summed E-state index contributed by atoms with van der Waals surface area (Å²) in [6, 6.07) is 15.7. The summed E-state index contributed by atoms with van der Waals surface area (Å²) in [4.78, 5) is 14.6.